The Balaban J connectivity index is 1.78. The van der Waals surface area contributed by atoms with Crippen molar-refractivity contribution in [3.63, 3.8) is 0 Å². The Kier molecular flexibility index (Phi) is 7.82. The fraction of sp³-hybridized carbons (Fsp3) is 0.652. The van der Waals surface area contributed by atoms with Gasteiger partial charge < -0.3 is 14.4 Å². The number of hydrogen-bond acceptors (Lipinski definition) is 6. The molecule has 0 radical (unpaired) electrons. The van der Waals surface area contributed by atoms with Gasteiger partial charge in [0, 0.05) is 25.7 Å². The first kappa shape index (κ1) is 24.5. The summed E-state index contributed by atoms with van der Waals surface area (Å²) in [5.74, 6) is -0.208. The number of nitrogens with zero attached hydrogens (tertiary/aromatic N) is 2. The summed E-state index contributed by atoms with van der Waals surface area (Å²) in [6.07, 6.45) is 3.49. The molecule has 0 aliphatic carbocycles. The number of benzene rings is 1. The van der Waals surface area contributed by atoms with E-state index in [2.05, 4.69) is 6.92 Å². The third-order valence-electron chi connectivity index (χ3n) is 6.45. The molecule has 1 aromatic rings. The quantitative estimate of drug-likeness (QED) is 0.598. The number of carbonyl (C=O) groups is 2. The van der Waals surface area contributed by atoms with Gasteiger partial charge >= 0.3 is 5.97 Å². The molecule has 0 aromatic heterocycles. The van der Waals surface area contributed by atoms with Crippen LogP contribution in [0.15, 0.2) is 23.1 Å². The van der Waals surface area contributed by atoms with Gasteiger partial charge in [-0.3, -0.25) is 4.79 Å². The average Bonchev–Trinajstić information content (AvgIpc) is 2.78. The highest BCUT2D eigenvalue weighted by Crippen LogP contribution is 2.32. The summed E-state index contributed by atoms with van der Waals surface area (Å²) >= 11 is 0. The van der Waals surface area contributed by atoms with Crippen molar-refractivity contribution in [2.24, 2.45) is 5.92 Å². The summed E-state index contributed by atoms with van der Waals surface area (Å²) in [6.45, 7) is 7.33. The van der Waals surface area contributed by atoms with Crippen molar-refractivity contribution in [1.82, 2.24) is 9.21 Å². The number of carbonyl (C=O) groups excluding carboxylic acids is 2. The molecule has 2 atom stereocenters. The number of amides is 1. The summed E-state index contributed by atoms with van der Waals surface area (Å²) in [6, 6.07) is 4.08. The van der Waals surface area contributed by atoms with Crippen LogP contribution in [-0.2, 0) is 19.6 Å². The second-order valence-corrected chi connectivity index (χ2v) is 10.7. The second-order valence-electron chi connectivity index (χ2n) is 8.88. The Morgan fingerprint density at radius 1 is 1.06 bits per heavy atom. The van der Waals surface area contributed by atoms with Crippen molar-refractivity contribution in [2.45, 2.75) is 69.9 Å². The average molecular weight is 467 g/mol. The SMILES string of the molecule is COc1ccc(C(=O)O[C@H](C)C(=O)N2CCC(C)CC2)cc1S(=O)(=O)N1CCCC[C@H]1C. The number of esters is 1. The highest BCUT2D eigenvalue weighted by atomic mass is 32.2. The van der Waals surface area contributed by atoms with E-state index in [1.807, 2.05) is 6.92 Å². The summed E-state index contributed by atoms with van der Waals surface area (Å²) in [4.78, 5) is 27.1. The maximum absolute atomic E-state index is 13.3. The van der Waals surface area contributed by atoms with E-state index in [-0.39, 0.29) is 28.2 Å². The van der Waals surface area contributed by atoms with Gasteiger partial charge in [-0.1, -0.05) is 13.3 Å². The number of rotatable bonds is 6. The van der Waals surface area contributed by atoms with Crippen LogP contribution in [0.3, 0.4) is 0 Å². The lowest BCUT2D eigenvalue weighted by molar-refractivity contribution is -0.141. The van der Waals surface area contributed by atoms with E-state index in [1.54, 1.807) is 11.8 Å². The third kappa shape index (κ3) is 5.26. The molecule has 0 spiro atoms. The van der Waals surface area contributed by atoms with Gasteiger partial charge in [0.2, 0.25) is 10.0 Å². The summed E-state index contributed by atoms with van der Waals surface area (Å²) in [5.41, 5.74) is 0.0703. The van der Waals surface area contributed by atoms with Gasteiger partial charge in [-0.2, -0.15) is 4.31 Å². The first-order chi connectivity index (χ1) is 15.1. The molecule has 2 aliphatic rings. The van der Waals surface area contributed by atoms with Gasteiger partial charge in [-0.15, -0.1) is 0 Å². The topological polar surface area (TPSA) is 93.2 Å². The Morgan fingerprint density at radius 3 is 2.38 bits per heavy atom. The lowest BCUT2D eigenvalue weighted by atomic mass is 9.99. The van der Waals surface area contributed by atoms with E-state index < -0.39 is 22.1 Å². The van der Waals surface area contributed by atoms with E-state index in [1.165, 1.54) is 29.6 Å². The molecule has 0 N–H and O–H groups in total. The lowest BCUT2D eigenvalue weighted by Crippen LogP contribution is -2.44. The molecule has 8 nitrogen and oxygen atoms in total. The molecular weight excluding hydrogens is 432 g/mol. The van der Waals surface area contributed by atoms with E-state index >= 15 is 0 Å². The number of sulfonamides is 1. The smallest absolute Gasteiger partial charge is 0.338 e. The molecule has 0 saturated carbocycles. The zero-order valence-electron chi connectivity index (χ0n) is 19.4. The predicted molar refractivity (Wildman–Crippen MR) is 120 cm³/mol. The minimum Gasteiger partial charge on any atom is -0.495 e. The van der Waals surface area contributed by atoms with Crippen LogP contribution >= 0.6 is 0 Å². The van der Waals surface area contributed by atoms with Gasteiger partial charge in [0.05, 0.1) is 12.7 Å². The zero-order valence-corrected chi connectivity index (χ0v) is 20.2. The maximum atomic E-state index is 13.3. The van der Waals surface area contributed by atoms with Gasteiger partial charge in [0.1, 0.15) is 10.6 Å². The second kappa shape index (κ2) is 10.2. The molecule has 0 unspecified atom stereocenters. The maximum Gasteiger partial charge on any atom is 0.338 e. The van der Waals surface area contributed by atoms with Crippen LogP contribution < -0.4 is 4.74 Å². The highest BCUT2D eigenvalue weighted by Gasteiger charge is 2.34. The van der Waals surface area contributed by atoms with E-state index in [9.17, 15) is 18.0 Å². The highest BCUT2D eigenvalue weighted by molar-refractivity contribution is 7.89. The van der Waals surface area contributed by atoms with E-state index in [0.717, 1.165) is 32.1 Å². The van der Waals surface area contributed by atoms with Crippen LogP contribution in [-0.4, -0.2) is 68.4 Å². The number of methoxy groups -OCH3 is 1. The van der Waals surface area contributed by atoms with Gasteiger partial charge in [-0.05, 0) is 63.6 Å². The fourth-order valence-electron chi connectivity index (χ4n) is 4.33. The van der Waals surface area contributed by atoms with Crippen LogP contribution in [0.4, 0.5) is 0 Å². The Morgan fingerprint density at radius 2 is 1.75 bits per heavy atom. The third-order valence-corrected chi connectivity index (χ3v) is 8.49. The predicted octanol–water partition coefficient (Wildman–Crippen LogP) is 3.06. The molecule has 32 heavy (non-hydrogen) atoms. The molecular formula is C23H34N2O6S. The number of hydrogen-bond donors (Lipinski definition) is 0. The standard InChI is InChI=1S/C23H34N2O6S/c1-16-10-13-24(14-11-16)22(26)18(3)31-23(27)19-8-9-20(30-4)21(15-19)32(28,29)25-12-6-5-7-17(25)2/h8-9,15-18H,5-7,10-14H2,1-4H3/t17-,18-/m1/s1. The van der Waals surface area contributed by atoms with Crippen molar-refractivity contribution >= 4 is 21.9 Å². The van der Waals surface area contributed by atoms with Crippen molar-refractivity contribution in [3.8, 4) is 5.75 Å². The number of likely N-dealkylation sites (tertiary alicyclic amines) is 1. The van der Waals surface area contributed by atoms with Crippen molar-refractivity contribution < 1.29 is 27.5 Å². The first-order valence-corrected chi connectivity index (χ1v) is 12.8. The van der Waals surface area contributed by atoms with Gasteiger partial charge in [0.15, 0.2) is 6.10 Å². The minimum atomic E-state index is -3.85. The molecule has 178 valence electrons. The lowest BCUT2D eigenvalue weighted by Gasteiger charge is -2.32. The van der Waals surface area contributed by atoms with E-state index in [0.29, 0.717) is 25.6 Å². The Labute approximate surface area is 190 Å². The molecule has 2 heterocycles. The van der Waals surface area contributed by atoms with Crippen LogP contribution in [0, 0.1) is 5.92 Å². The molecule has 9 heteroatoms. The largest absolute Gasteiger partial charge is 0.495 e. The molecule has 2 fully saturated rings. The van der Waals surface area contributed by atoms with Crippen LogP contribution in [0.2, 0.25) is 0 Å². The summed E-state index contributed by atoms with van der Waals surface area (Å²) in [5, 5.41) is 0. The van der Waals surface area contributed by atoms with Gasteiger partial charge in [-0.25, -0.2) is 13.2 Å². The zero-order chi connectivity index (χ0) is 23.5. The van der Waals surface area contributed by atoms with Crippen LogP contribution in [0.25, 0.3) is 0 Å². The van der Waals surface area contributed by atoms with E-state index in [4.69, 9.17) is 9.47 Å². The summed E-state index contributed by atoms with van der Waals surface area (Å²) < 4.78 is 38.9. The normalized spacial score (nSPS) is 21.8. The molecule has 2 aliphatic heterocycles. The van der Waals surface area contributed by atoms with Crippen molar-refractivity contribution in [3.05, 3.63) is 23.8 Å². The fourth-order valence-corrected chi connectivity index (χ4v) is 6.21. The first-order valence-electron chi connectivity index (χ1n) is 11.3. The minimum absolute atomic E-state index is 0.0628. The monoisotopic (exact) mass is 466 g/mol. The molecule has 1 aromatic carbocycles. The van der Waals surface area contributed by atoms with Crippen LogP contribution in [0.1, 0.15) is 63.2 Å². The molecule has 2 saturated heterocycles. The number of piperidine rings is 2. The number of ether oxygens (including phenoxy) is 2. The van der Waals surface area contributed by atoms with Gasteiger partial charge in [0.25, 0.3) is 5.91 Å². The Hall–Kier alpha value is -2.13. The molecule has 0 bridgehead atoms. The summed E-state index contributed by atoms with van der Waals surface area (Å²) in [7, 11) is -2.46. The van der Waals surface area contributed by atoms with Crippen LogP contribution in [0.5, 0.6) is 5.75 Å². The Bertz CT molecular complexity index is 940. The molecule has 1 amide bonds. The molecule has 3 rings (SSSR count). The van der Waals surface area contributed by atoms with Crippen molar-refractivity contribution in [1.29, 1.82) is 0 Å². The van der Waals surface area contributed by atoms with Crippen molar-refractivity contribution in [2.75, 3.05) is 26.7 Å².